The van der Waals surface area contributed by atoms with E-state index in [2.05, 4.69) is 15.9 Å². The summed E-state index contributed by atoms with van der Waals surface area (Å²) in [6, 6.07) is 3.04. The van der Waals surface area contributed by atoms with Gasteiger partial charge < -0.3 is 10.6 Å². The molecule has 2 fully saturated rings. The van der Waals surface area contributed by atoms with Gasteiger partial charge in [0.15, 0.2) is 0 Å². The van der Waals surface area contributed by atoms with E-state index in [-0.39, 0.29) is 0 Å². The van der Waals surface area contributed by atoms with Crippen LogP contribution in [0.25, 0.3) is 0 Å². The minimum Gasteiger partial charge on any atom is -0.313 e. The molecule has 0 aromatic heterocycles. The predicted molar refractivity (Wildman–Crippen MR) is 82.3 cm³/mol. The van der Waals surface area contributed by atoms with E-state index < -0.39 is 5.54 Å². The summed E-state index contributed by atoms with van der Waals surface area (Å²) < 4.78 is 0. The average Bonchev–Trinajstić information content (AvgIpc) is 2.97. The van der Waals surface area contributed by atoms with Crippen molar-refractivity contribution < 1.29 is 0 Å². The van der Waals surface area contributed by atoms with Gasteiger partial charge in [0.1, 0.15) is 5.54 Å². The summed E-state index contributed by atoms with van der Waals surface area (Å²) in [7, 11) is 0. The van der Waals surface area contributed by atoms with Crippen molar-refractivity contribution in [2.75, 3.05) is 32.7 Å². The summed E-state index contributed by atoms with van der Waals surface area (Å²) in [5, 5.41) is 9.09. The van der Waals surface area contributed by atoms with Gasteiger partial charge in [-0.3, -0.25) is 4.90 Å². The van der Waals surface area contributed by atoms with Crippen molar-refractivity contribution in [2.24, 2.45) is 5.73 Å². The molecule has 0 bridgehead atoms. The summed E-state index contributed by atoms with van der Waals surface area (Å²) in [5.41, 5.74) is 5.43. The molecule has 2 saturated heterocycles. The lowest BCUT2D eigenvalue weighted by Gasteiger charge is -2.32. The Bertz CT molecular complexity index is 332. The molecule has 20 heavy (non-hydrogen) atoms. The fourth-order valence-electron chi connectivity index (χ4n) is 3.53. The first-order valence-electron chi connectivity index (χ1n) is 8.33. The minimum absolute atomic E-state index is 0.605. The molecule has 0 spiro atoms. The number of hydrogen-bond acceptors (Lipinski definition) is 4. The molecule has 4 heteroatoms. The van der Waals surface area contributed by atoms with E-state index in [9.17, 15) is 0 Å². The first-order chi connectivity index (χ1) is 9.67. The Hall–Kier alpha value is -0.630. The van der Waals surface area contributed by atoms with Crippen LogP contribution >= 0.6 is 0 Å². The molecule has 2 heterocycles. The molecule has 4 nitrogen and oxygen atoms in total. The van der Waals surface area contributed by atoms with Crippen molar-refractivity contribution in [3.8, 4) is 6.07 Å². The van der Waals surface area contributed by atoms with E-state index in [1.807, 2.05) is 6.92 Å². The Balaban J connectivity index is 1.67. The third kappa shape index (κ3) is 4.18. The Morgan fingerprint density at radius 2 is 2.00 bits per heavy atom. The van der Waals surface area contributed by atoms with E-state index in [0.717, 1.165) is 31.8 Å². The third-order valence-corrected chi connectivity index (χ3v) is 5.11. The van der Waals surface area contributed by atoms with Gasteiger partial charge in [0.2, 0.25) is 0 Å². The van der Waals surface area contributed by atoms with Crippen LogP contribution < -0.4 is 5.73 Å². The zero-order valence-corrected chi connectivity index (χ0v) is 13.0. The van der Waals surface area contributed by atoms with Crippen molar-refractivity contribution in [2.45, 2.75) is 63.5 Å². The molecular formula is C16H30N4. The fourth-order valence-corrected chi connectivity index (χ4v) is 3.53. The maximum Gasteiger partial charge on any atom is 0.104 e. The van der Waals surface area contributed by atoms with E-state index in [1.54, 1.807) is 0 Å². The molecule has 114 valence electrons. The zero-order chi connectivity index (χ0) is 14.4. The highest BCUT2D eigenvalue weighted by molar-refractivity contribution is 5.03. The molecule has 0 aromatic rings. The van der Waals surface area contributed by atoms with Crippen LogP contribution in [-0.2, 0) is 0 Å². The second kappa shape index (κ2) is 7.40. The first kappa shape index (κ1) is 15.8. The number of hydrogen-bond donors (Lipinski definition) is 1. The molecule has 0 aliphatic carbocycles. The molecule has 0 saturated carbocycles. The number of rotatable bonds is 6. The molecule has 2 rings (SSSR count). The topological polar surface area (TPSA) is 56.3 Å². The maximum absolute atomic E-state index is 9.09. The molecule has 2 aliphatic rings. The van der Waals surface area contributed by atoms with Crippen LogP contribution in [0.4, 0.5) is 0 Å². The van der Waals surface area contributed by atoms with Gasteiger partial charge in [0, 0.05) is 12.6 Å². The Morgan fingerprint density at radius 1 is 1.25 bits per heavy atom. The number of likely N-dealkylation sites (tertiary alicyclic amines) is 2. The summed E-state index contributed by atoms with van der Waals surface area (Å²) in [5.74, 6) is 0. The van der Waals surface area contributed by atoms with Crippen LogP contribution in [0.2, 0.25) is 0 Å². The van der Waals surface area contributed by atoms with Gasteiger partial charge in [-0.25, -0.2) is 0 Å². The van der Waals surface area contributed by atoms with Crippen LogP contribution in [0.3, 0.4) is 0 Å². The second-order valence-electron chi connectivity index (χ2n) is 6.56. The molecule has 0 radical (unpaired) electrons. The predicted octanol–water partition coefficient (Wildman–Crippen LogP) is 1.96. The molecule has 0 aromatic carbocycles. The second-order valence-corrected chi connectivity index (χ2v) is 6.56. The van der Waals surface area contributed by atoms with Gasteiger partial charge in [-0.1, -0.05) is 13.3 Å². The van der Waals surface area contributed by atoms with Crippen LogP contribution in [0.15, 0.2) is 0 Å². The van der Waals surface area contributed by atoms with E-state index >= 15 is 0 Å². The Morgan fingerprint density at radius 3 is 2.65 bits per heavy atom. The Kier molecular flexibility index (Phi) is 5.83. The van der Waals surface area contributed by atoms with Gasteiger partial charge in [-0.2, -0.15) is 5.26 Å². The van der Waals surface area contributed by atoms with E-state index in [4.69, 9.17) is 11.0 Å². The zero-order valence-electron chi connectivity index (χ0n) is 13.0. The van der Waals surface area contributed by atoms with Gasteiger partial charge >= 0.3 is 0 Å². The lowest BCUT2D eigenvalue weighted by atomic mass is 9.93. The number of nitrogens with two attached hydrogens (primary N) is 1. The molecular weight excluding hydrogens is 248 g/mol. The highest BCUT2D eigenvalue weighted by Crippen LogP contribution is 2.21. The van der Waals surface area contributed by atoms with Crippen LogP contribution in [-0.4, -0.2) is 54.1 Å². The normalized spacial score (nSPS) is 28.1. The molecule has 2 aliphatic heterocycles. The molecule has 0 amide bonds. The number of nitrogens with zero attached hydrogens (tertiary/aromatic N) is 3. The van der Waals surface area contributed by atoms with Crippen molar-refractivity contribution in [3.05, 3.63) is 0 Å². The summed E-state index contributed by atoms with van der Waals surface area (Å²) in [4.78, 5) is 5.25. The summed E-state index contributed by atoms with van der Waals surface area (Å²) in [6.07, 6.45) is 8.11. The molecule has 2 unspecified atom stereocenters. The molecule has 2 N–H and O–H groups in total. The van der Waals surface area contributed by atoms with Crippen LogP contribution in [0, 0.1) is 11.3 Å². The van der Waals surface area contributed by atoms with Crippen molar-refractivity contribution in [1.82, 2.24) is 9.80 Å². The maximum atomic E-state index is 9.09. The van der Waals surface area contributed by atoms with Gasteiger partial charge in [0.05, 0.1) is 6.07 Å². The number of nitriles is 1. The monoisotopic (exact) mass is 278 g/mol. The van der Waals surface area contributed by atoms with E-state index in [1.165, 1.54) is 51.9 Å². The smallest absolute Gasteiger partial charge is 0.104 e. The minimum atomic E-state index is -0.605. The summed E-state index contributed by atoms with van der Waals surface area (Å²) >= 11 is 0. The Labute approximate surface area is 123 Å². The van der Waals surface area contributed by atoms with Gasteiger partial charge in [-0.15, -0.1) is 0 Å². The average molecular weight is 278 g/mol. The van der Waals surface area contributed by atoms with Crippen LogP contribution in [0.1, 0.15) is 51.9 Å². The van der Waals surface area contributed by atoms with Crippen LogP contribution in [0.5, 0.6) is 0 Å². The summed E-state index contributed by atoms with van der Waals surface area (Å²) in [6.45, 7) is 8.15. The largest absolute Gasteiger partial charge is 0.313 e. The van der Waals surface area contributed by atoms with Gasteiger partial charge in [0.25, 0.3) is 0 Å². The molecule has 2 atom stereocenters. The quantitative estimate of drug-likeness (QED) is 0.807. The van der Waals surface area contributed by atoms with Crippen molar-refractivity contribution >= 4 is 0 Å². The number of piperidine rings is 1. The highest BCUT2D eigenvalue weighted by atomic mass is 15.3. The third-order valence-electron chi connectivity index (χ3n) is 5.11. The van der Waals surface area contributed by atoms with Gasteiger partial charge in [-0.05, 0) is 64.7 Å². The standard InChI is InChI=1S/C16H30N4/c1-2-16(18,14-17)8-6-9-19-12-7-15(13-19)20-10-4-3-5-11-20/h15H,2-13,18H2,1H3. The lowest BCUT2D eigenvalue weighted by molar-refractivity contribution is 0.161. The van der Waals surface area contributed by atoms with Crippen molar-refractivity contribution in [1.29, 1.82) is 5.26 Å². The lowest BCUT2D eigenvalue weighted by Crippen LogP contribution is -2.41. The van der Waals surface area contributed by atoms with E-state index in [0.29, 0.717) is 0 Å². The van der Waals surface area contributed by atoms with Crippen molar-refractivity contribution in [3.63, 3.8) is 0 Å². The first-order valence-corrected chi connectivity index (χ1v) is 8.33. The highest BCUT2D eigenvalue weighted by Gasteiger charge is 2.28. The fraction of sp³-hybridized carbons (Fsp3) is 0.938. The SMILES string of the molecule is CCC(N)(C#N)CCCN1CCC(N2CCCCC2)C1.